The number of aromatic nitrogens is 1. The van der Waals surface area contributed by atoms with Crippen molar-refractivity contribution in [2.45, 2.75) is 6.18 Å². The minimum Gasteiger partial charge on any atom is -0.369 e. The molecule has 8 heteroatoms. The van der Waals surface area contributed by atoms with Crippen molar-refractivity contribution in [1.82, 2.24) is 4.98 Å². The Balaban J connectivity index is 2.58. The molecule has 1 N–H and O–H groups in total. The second-order valence-corrected chi connectivity index (χ2v) is 5.75. The van der Waals surface area contributed by atoms with Crippen LogP contribution in [0.15, 0.2) is 18.3 Å². The van der Waals surface area contributed by atoms with Crippen molar-refractivity contribution in [1.29, 1.82) is 0 Å². The van der Waals surface area contributed by atoms with Gasteiger partial charge in [-0.05, 0) is 12.1 Å². The highest BCUT2D eigenvalue weighted by molar-refractivity contribution is 7.90. The molecule has 1 heterocycles. The summed E-state index contributed by atoms with van der Waals surface area (Å²) in [7, 11) is -3.10. The molecule has 0 unspecified atom stereocenters. The number of sulfone groups is 1. The van der Waals surface area contributed by atoms with Crippen LogP contribution in [-0.4, -0.2) is 32.0 Å². The van der Waals surface area contributed by atoms with Gasteiger partial charge in [-0.2, -0.15) is 13.2 Å². The summed E-state index contributed by atoms with van der Waals surface area (Å²) in [6.07, 6.45) is -2.64. The van der Waals surface area contributed by atoms with Crippen molar-refractivity contribution in [3.8, 4) is 0 Å². The molecule has 0 spiro atoms. The highest BCUT2D eigenvalue weighted by Crippen LogP contribution is 2.28. The minimum atomic E-state index is -4.42. The van der Waals surface area contributed by atoms with Gasteiger partial charge in [-0.3, -0.25) is 0 Å². The van der Waals surface area contributed by atoms with E-state index in [4.69, 9.17) is 0 Å². The molecule has 0 aromatic carbocycles. The zero-order chi connectivity index (χ0) is 13.1. The van der Waals surface area contributed by atoms with Crippen LogP contribution in [0.25, 0.3) is 0 Å². The molecule has 0 aliphatic rings. The Hall–Kier alpha value is -1.31. The van der Waals surface area contributed by atoms with Crippen molar-refractivity contribution in [3.05, 3.63) is 23.9 Å². The lowest BCUT2D eigenvalue weighted by molar-refractivity contribution is -0.137. The SMILES string of the molecule is CS(=O)(=O)CCNc1ccc(C(F)(F)F)cn1. The lowest BCUT2D eigenvalue weighted by Gasteiger charge is -2.08. The predicted octanol–water partition coefficient (Wildman–Crippen LogP) is 1.56. The molecule has 0 atom stereocenters. The highest BCUT2D eigenvalue weighted by Gasteiger charge is 2.30. The fourth-order valence-electron chi connectivity index (χ4n) is 1.03. The summed E-state index contributed by atoms with van der Waals surface area (Å²) in [5.74, 6) is 0.108. The van der Waals surface area contributed by atoms with E-state index in [0.717, 1.165) is 18.4 Å². The number of pyridine rings is 1. The van der Waals surface area contributed by atoms with Gasteiger partial charge >= 0.3 is 6.18 Å². The van der Waals surface area contributed by atoms with Crippen molar-refractivity contribution >= 4 is 15.7 Å². The first-order chi connectivity index (χ1) is 7.68. The molecular formula is C9H11F3N2O2S. The molecule has 0 amide bonds. The number of nitrogens with one attached hydrogen (secondary N) is 1. The third-order valence-corrected chi connectivity index (χ3v) is 2.82. The number of nitrogens with zero attached hydrogens (tertiary/aromatic N) is 1. The van der Waals surface area contributed by atoms with Crippen LogP contribution in [0.3, 0.4) is 0 Å². The normalized spacial score (nSPS) is 12.5. The van der Waals surface area contributed by atoms with Gasteiger partial charge in [0.2, 0.25) is 0 Å². The van der Waals surface area contributed by atoms with E-state index in [0.29, 0.717) is 6.20 Å². The first-order valence-corrected chi connectivity index (χ1v) is 6.69. The molecule has 96 valence electrons. The van der Waals surface area contributed by atoms with Gasteiger partial charge in [-0.25, -0.2) is 13.4 Å². The first kappa shape index (κ1) is 13.8. The topological polar surface area (TPSA) is 59.1 Å². The van der Waals surface area contributed by atoms with E-state index in [-0.39, 0.29) is 18.1 Å². The van der Waals surface area contributed by atoms with Gasteiger partial charge in [0.15, 0.2) is 0 Å². The number of hydrogen-bond acceptors (Lipinski definition) is 4. The Morgan fingerprint density at radius 1 is 1.35 bits per heavy atom. The summed E-state index contributed by atoms with van der Waals surface area (Å²) >= 11 is 0. The Morgan fingerprint density at radius 2 is 2.00 bits per heavy atom. The van der Waals surface area contributed by atoms with E-state index in [1.807, 2.05) is 0 Å². The van der Waals surface area contributed by atoms with Crippen molar-refractivity contribution < 1.29 is 21.6 Å². The molecule has 1 aromatic rings. The number of rotatable bonds is 4. The minimum absolute atomic E-state index is 0.101. The number of anilines is 1. The molecular weight excluding hydrogens is 257 g/mol. The monoisotopic (exact) mass is 268 g/mol. The van der Waals surface area contributed by atoms with Crippen LogP contribution in [-0.2, 0) is 16.0 Å². The molecule has 0 fully saturated rings. The van der Waals surface area contributed by atoms with Gasteiger partial charge in [0.25, 0.3) is 0 Å². The number of alkyl halides is 3. The average Bonchev–Trinajstić information content (AvgIpc) is 2.15. The van der Waals surface area contributed by atoms with Crippen LogP contribution in [0.1, 0.15) is 5.56 Å². The van der Waals surface area contributed by atoms with Crippen LogP contribution in [0, 0.1) is 0 Å². The van der Waals surface area contributed by atoms with Gasteiger partial charge in [-0.15, -0.1) is 0 Å². The fourth-order valence-corrected chi connectivity index (χ4v) is 1.50. The van der Waals surface area contributed by atoms with Crippen molar-refractivity contribution in [2.75, 3.05) is 23.9 Å². The number of hydrogen-bond donors (Lipinski definition) is 1. The summed E-state index contributed by atoms with van der Waals surface area (Å²) < 4.78 is 58.2. The molecule has 0 saturated carbocycles. The second kappa shape index (κ2) is 4.91. The van der Waals surface area contributed by atoms with Gasteiger partial charge in [-0.1, -0.05) is 0 Å². The lowest BCUT2D eigenvalue weighted by atomic mass is 10.3. The maximum absolute atomic E-state index is 12.2. The second-order valence-electron chi connectivity index (χ2n) is 3.49. The molecule has 0 radical (unpaired) electrons. The molecule has 1 rings (SSSR count). The summed E-state index contributed by atoms with van der Waals surface area (Å²) in [5.41, 5.74) is -0.842. The summed E-state index contributed by atoms with van der Waals surface area (Å²) in [5, 5.41) is 2.62. The Labute approximate surface area is 96.8 Å². The largest absolute Gasteiger partial charge is 0.417 e. The van der Waals surface area contributed by atoms with Crippen molar-refractivity contribution in [2.24, 2.45) is 0 Å². The molecule has 17 heavy (non-hydrogen) atoms. The van der Waals surface area contributed by atoms with Gasteiger partial charge < -0.3 is 5.32 Å². The van der Waals surface area contributed by atoms with Crippen LogP contribution >= 0.6 is 0 Å². The molecule has 4 nitrogen and oxygen atoms in total. The van der Waals surface area contributed by atoms with Crippen LogP contribution < -0.4 is 5.32 Å². The van der Waals surface area contributed by atoms with E-state index in [1.54, 1.807) is 0 Å². The first-order valence-electron chi connectivity index (χ1n) is 4.63. The summed E-state index contributed by atoms with van der Waals surface area (Å²) in [4.78, 5) is 3.54. The van der Waals surface area contributed by atoms with Crippen LogP contribution in [0.4, 0.5) is 19.0 Å². The third-order valence-electron chi connectivity index (χ3n) is 1.87. The molecule has 0 saturated heterocycles. The van der Waals surface area contributed by atoms with E-state index >= 15 is 0 Å². The zero-order valence-electron chi connectivity index (χ0n) is 8.95. The zero-order valence-corrected chi connectivity index (χ0v) is 9.77. The van der Waals surface area contributed by atoms with E-state index in [1.165, 1.54) is 0 Å². The molecule has 0 aliphatic heterocycles. The van der Waals surface area contributed by atoms with E-state index < -0.39 is 21.6 Å². The van der Waals surface area contributed by atoms with Crippen LogP contribution in [0.2, 0.25) is 0 Å². The standard InChI is InChI=1S/C9H11F3N2O2S/c1-17(15,16)5-4-13-8-3-2-7(6-14-8)9(10,11)12/h2-3,6H,4-5H2,1H3,(H,13,14). The lowest BCUT2D eigenvalue weighted by Crippen LogP contribution is -2.15. The maximum atomic E-state index is 12.2. The Morgan fingerprint density at radius 3 is 2.41 bits per heavy atom. The Bertz CT molecular complexity index is 468. The summed E-state index contributed by atoms with van der Waals surface area (Å²) in [6.45, 7) is 0.108. The van der Waals surface area contributed by atoms with Gasteiger partial charge in [0, 0.05) is 19.0 Å². The third kappa shape index (κ3) is 5.03. The quantitative estimate of drug-likeness (QED) is 0.900. The van der Waals surface area contributed by atoms with Gasteiger partial charge in [0.05, 0.1) is 11.3 Å². The van der Waals surface area contributed by atoms with Crippen LogP contribution in [0.5, 0.6) is 0 Å². The van der Waals surface area contributed by atoms with Crippen molar-refractivity contribution in [3.63, 3.8) is 0 Å². The summed E-state index contributed by atoms with van der Waals surface area (Å²) in [6, 6.07) is 2.04. The smallest absolute Gasteiger partial charge is 0.369 e. The molecule has 0 aliphatic carbocycles. The number of halogens is 3. The Kier molecular flexibility index (Phi) is 3.97. The highest BCUT2D eigenvalue weighted by atomic mass is 32.2. The van der Waals surface area contributed by atoms with E-state index in [2.05, 4.69) is 10.3 Å². The van der Waals surface area contributed by atoms with E-state index in [9.17, 15) is 21.6 Å². The molecule has 1 aromatic heterocycles. The average molecular weight is 268 g/mol. The fraction of sp³-hybridized carbons (Fsp3) is 0.444. The predicted molar refractivity (Wildman–Crippen MR) is 57.4 cm³/mol. The van der Waals surface area contributed by atoms with Gasteiger partial charge in [0.1, 0.15) is 15.7 Å². The maximum Gasteiger partial charge on any atom is 0.417 e. The molecule has 0 bridgehead atoms.